The lowest BCUT2D eigenvalue weighted by Gasteiger charge is -2.28. The zero-order chi connectivity index (χ0) is 13.0. The summed E-state index contributed by atoms with van der Waals surface area (Å²) in [6.07, 6.45) is 7.85. The number of nitrogens with one attached hydrogen (secondary N) is 1. The Hall–Kier alpha value is -0.680. The second-order valence-electron chi connectivity index (χ2n) is 5.47. The van der Waals surface area contributed by atoms with E-state index in [0.29, 0.717) is 30.0 Å². The SMILES string of the molecule is NC(=S)CN(CCC(=O)NC1CC1)C1CCCC1. The molecule has 1 amide bonds. The molecule has 0 aromatic rings. The summed E-state index contributed by atoms with van der Waals surface area (Å²) in [5.74, 6) is 0.170. The van der Waals surface area contributed by atoms with Gasteiger partial charge in [-0.2, -0.15) is 0 Å². The highest BCUT2D eigenvalue weighted by molar-refractivity contribution is 7.80. The quantitative estimate of drug-likeness (QED) is 0.682. The van der Waals surface area contributed by atoms with Crippen molar-refractivity contribution in [3.8, 4) is 0 Å². The van der Waals surface area contributed by atoms with Gasteiger partial charge in [0.05, 0.1) is 4.99 Å². The molecule has 0 radical (unpaired) electrons. The van der Waals surface area contributed by atoms with E-state index in [0.717, 1.165) is 19.4 Å². The smallest absolute Gasteiger partial charge is 0.221 e. The van der Waals surface area contributed by atoms with E-state index in [-0.39, 0.29) is 5.91 Å². The fraction of sp³-hybridized carbons (Fsp3) is 0.846. The third-order valence-corrected chi connectivity index (χ3v) is 3.90. The van der Waals surface area contributed by atoms with Crippen molar-refractivity contribution in [1.29, 1.82) is 0 Å². The van der Waals surface area contributed by atoms with Gasteiger partial charge in [-0.15, -0.1) is 0 Å². The maximum Gasteiger partial charge on any atom is 0.221 e. The van der Waals surface area contributed by atoms with Crippen LogP contribution in [0.25, 0.3) is 0 Å². The normalized spacial score (nSPS) is 20.3. The molecule has 0 bridgehead atoms. The van der Waals surface area contributed by atoms with Crippen LogP contribution >= 0.6 is 12.2 Å². The number of nitrogens with two attached hydrogens (primary N) is 1. The van der Waals surface area contributed by atoms with Crippen LogP contribution in [0.4, 0.5) is 0 Å². The number of amides is 1. The minimum atomic E-state index is 0.170. The zero-order valence-corrected chi connectivity index (χ0v) is 11.7. The molecule has 2 aliphatic rings. The second-order valence-corrected chi connectivity index (χ2v) is 5.99. The van der Waals surface area contributed by atoms with Gasteiger partial charge in [0.2, 0.25) is 5.91 Å². The van der Waals surface area contributed by atoms with Crippen LogP contribution in [0.3, 0.4) is 0 Å². The van der Waals surface area contributed by atoms with Gasteiger partial charge in [0.1, 0.15) is 0 Å². The molecule has 2 saturated carbocycles. The predicted octanol–water partition coefficient (Wildman–Crippen LogP) is 1.19. The average molecular weight is 269 g/mol. The molecule has 2 aliphatic carbocycles. The number of thiocarbonyl (C=S) groups is 1. The van der Waals surface area contributed by atoms with E-state index in [9.17, 15) is 4.79 Å². The lowest BCUT2D eigenvalue weighted by Crippen LogP contribution is -2.41. The number of carbonyl (C=O) groups excluding carboxylic acids is 1. The van der Waals surface area contributed by atoms with Gasteiger partial charge >= 0.3 is 0 Å². The summed E-state index contributed by atoms with van der Waals surface area (Å²) in [4.78, 5) is 14.5. The summed E-state index contributed by atoms with van der Waals surface area (Å²) < 4.78 is 0. The number of hydrogen-bond acceptors (Lipinski definition) is 3. The van der Waals surface area contributed by atoms with Crippen molar-refractivity contribution in [1.82, 2.24) is 10.2 Å². The summed E-state index contributed by atoms with van der Waals surface area (Å²) in [6, 6.07) is 1.02. The van der Waals surface area contributed by atoms with Crippen LogP contribution in [0.5, 0.6) is 0 Å². The van der Waals surface area contributed by atoms with E-state index in [1.807, 2.05) is 0 Å². The van der Waals surface area contributed by atoms with Crippen LogP contribution in [-0.4, -0.2) is 41.0 Å². The first-order valence-electron chi connectivity index (χ1n) is 6.97. The first-order chi connectivity index (χ1) is 8.65. The van der Waals surface area contributed by atoms with Crippen LogP contribution in [-0.2, 0) is 4.79 Å². The summed E-state index contributed by atoms with van der Waals surface area (Å²) in [7, 11) is 0. The van der Waals surface area contributed by atoms with Gasteiger partial charge in [-0.25, -0.2) is 0 Å². The van der Waals surface area contributed by atoms with Gasteiger partial charge in [-0.3, -0.25) is 9.69 Å². The molecule has 2 fully saturated rings. The Morgan fingerprint density at radius 1 is 1.28 bits per heavy atom. The molecule has 0 atom stereocenters. The minimum absolute atomic E-state index is 0.170. The molecule has 0 aliphatic heterocycles. The van der Waals surface area contributed by atoms with E-state index in [1.54, 1.807) is 0 Å². The summed E-state index contributed by atoms with van der Waals surface area (Å²) in [5.41, 5.74) is 5.65. The summed E-state index contributed by atoms with van der Waals surface area (Å²) in [6.45, 7) is 1.43. The molecule has 2 rings (SSSR count). The molecule has 4 nitrogen and oxygen atoms in total. The molecule has 3 N–H and O–H groups in total. The Balaban J connectivity index is 1.75. The molecular weight excluding hydrogens is 246 g/mol. The molecule has 5 heteroatoms. The van der Waals surface area contributed by atoms with Crippen molar-refractivity contribution < 1.29 is 4.79 Å². The van der Waals surface area contributed by atoms with E-state index in [4.69, 9.17) is 18.0 Å². The Kier molecular flexibility index (Phi) is 4.95. The van der Waals surface area contributed by atoms with Crippen LogP contribution in [0, 0.1) is 0 Å². The first-order valence-corrected chi connectivity index (χ1v) is 7.37. The second kappa shape index (κ2) is 6.48. The lowest BCUT2D eigenvalue weighted by molar-refractivity contribution is -0.121. The first kappa shape index (κ1) is 13.7. The van der Waals surface area contributed by atoms with Crippen molar-refractivity contribution in [3.63, 3.8) is 0 Å². The summed E-state index contributed by atoms with van der Waals surface area (Å²) >= 11 is 5.00. The lowest BCUT2D eigenvalue weighted by atomic mass is 10.2. The Bertz CT molecular complexity index is 311. The maximum absolute atomic E-state index is 11.7. The fourth-order valence-corrected chi connectivity index (χ4v) is 2.80. The monoisotopic (exact) mass is 269 g/mol. The van der Waals surface area contributed by atoms with Crippen LogP contribution in [0.1, 0.15) is 44.9 Å². The van der Waals surface area contributed by atoms with E-state index in [1.165, 1.54) is 25.7 Å². The van der Waals surface area contributed by atoms with Gasteiger partial charge in [-0.05, 0) is 25.7 Å². The number of nitrogens with zero attached hydrogens (tertiary/aromatic N) is 1. The largest absolute Gasteiger partial charge is 0.392 e. The predicted molar refractivity (Wildman–Crippen MR) is 76.4 cm³/mol. The third-order valence-electron chi connectivity index (χ3n) is 3.77. The van der Waals surface area contributed by atoms with Crippen molar-refractivity contribution in [2.24, 2.45) is 5.73 Å². The maximum atomic E-state index is 11.7. The van der Waals surface area contributed by atoms with Crippen LogP contribution in [0.2, 0.25) is 0 Å². The number of hydrogen-bond donors (Lipinski definition) is 2. The van der Waals surface area contributed by atoms with Crippen LogP contribution in [0.15, 0.2) is 0 Å². The van der Waals surface area contributed by atoms with E-state index in [2.05, 4.69) is 10.2 Å². The van der Waals surface area contributed by atoms with Crippen molar-refractivity contribution >= 4 is 23.1 Å². The summed E-state index contributed by atoms with van der Waals surface area (Å²) in [5, 5.41) is 3.02. The van der Waals surface area contributed by atoms with Crippen molar-refractivity contribution in [2.75, 3.05) is 13.1 Å². The van der Waals surface area contributed by atoms with Gasteiger partial charge < -0.3 is 11.1 Å². The van der Waals surface area contributed by atoms with Crippen molar-refractivity contribution in [3.05, 3.63) is 0 Å². The van der Waals surface area contributed by atoms with Gasteiger partial charge in [0.15, 0.2) is 0 Å². The molecule has 0 aromatic heterocycles. The highest BCUT2D eigenvalue weighted by atomic mass is 32.1. The fourth-order valence-electron chi connectivity index (χ4n) is 2.63. The highest BCUT2D eigenvalue weighted by Gasteiger charge is 2.25. The zero-order valence-electron chi connectivity index (χ0n) is 10.9. The molecule has 0 aromatic carbocycles. The molecular formula is C13H23N3OS. The Morgan fingerprint density at radius 2 is 1.94 bits per heavy atom. The van der Waals surface area contributed by atoms with Gasteiger partial charge in [0.25, 0.3) is 0 Å². The van der Waals surface area contributed by atoms with Gasteiger partial charge in [0, 0.05) is 31.6 Å². The Morgan fingerprint density at radius 3 is 2.50 bits per heavy atom. The van der Waals surface area contributed by atoms with Crippen molar-refractivity contribution in [2.45, 2.75) is 57.0 Å². The molecule has 102 valence electrons. The van der Waals surface area contributed by atoms with Crippen LogP contribution < -0.4 is 11.1 Å². The Labute approximate surface area is 114 Å². The molecule has 0 unspecified atom stereocenters. The molecule has 0 saturated heterocycles. The molecule has 0 spiro atoms. The molecule has 0 heterocycles. The van der Waals surface area contributed by atoms with Gasteiger partial charge in [-0.1, -0.05) is 25.1 Å². The standard InChI is InChI=1S/C13H23N3OS/c14-12(18)9-16(11-3-1-2-4-11)8-7-13(17)15-10-5-6-10/h10-11H,1-9H2,(H2,14,18)(H,15,17). The minimum Gasteiger partial charge on any atom is -0.392 e. The number of rotatable bonds is 7. The third kappa shape index (κ3) is 4.53. The molecule has 18 heavy (non-hydrogen) atoms. The highest BCUT2D eigenvalue weighted by Crippen LogP contribution is 2.23. The van der Waals surface area contributed by atoms with E-state index >= 15 is 0 Å². The number of carbonyl (C=O) groups is 1. The average Bonchev–Trinajstić information content (AvgIpc) is 2.95. The van der Waals surface area contributed by atoms with E-state index < -0.39 is 0 Å². The topological polar surface area (TPSA) is 58.4 Å².